The zero-order valence-electron chi connectivity index (χ0n) is 15.4. The van der Waals surface area contributed by atoms with Crippen LogP contribution in [0.25, 0.3) is 0 Å². The molecule has 1 atom stereocenters. The van der Waals surface area contributed by atoms with Crippen LogP contribution in [0.2, 0.25) is 0 Å². The maximum atomic E-state index is 5.53. The van der Waals surface area contributed by atoms with Crippen molar-refractivity contribution in [2.75, 3.05) is 26.3 Å². The smallest absolute Gasteiger partial charge is 0.194 e. The predicted octanol–water partition coefficient (Wildman–Crippen LogP) is 1.48. The number of aryl methyl sites for hydroxylation is 1. The number of likely N-dealkylation sites (tertiary alicyclic amines) is 1. The van der Waals surface area contributed by atoms with E-state index in [4.69, 9.17) is 9.73 Å². The van der Waals surface area contributed by atoms with Crippen molar-refractivity contribution in [1.29, 1.82) is 0 Å². The van der Waals surface area contributed by atoms with Crippen LogP contribution in [0.3, 0.4) is 0 Å². The fourth-order valence-corrected chi connectivity index (χ4v) is 3.93. The molecule has 1 aliphatic carbocycles. The summed E-state index contributed by atoms with van der Waals surface area (Å²) in [7, 11) is 2.01. The standard InChI is InChI=1S/C18H30N6O/c1-13-21-22-17(23(13)2)11-19-18(20-16-3-4-16)24-8-5-15(12-24)14-6-9-25-10-7-14/h14-16H,3-12H2,1-2H3,(H,19,20). The average Bonchev–Trinajstić information content (AvgIpc) is 3.22. The van der Waals surface area contributed by atoms with Gasteiger partial charge >= 0.3 is 0 Å². The minimum Gasteiger partial charge on any atom is -0.381 e. The number of nitrogens with one attached hydrogen (secondary N) is 1. The summed E-state index contributed by atoms with van der Waals surface area (Å²) in [5, 5.41) is 12.0. The van der Waals surface area contributed by atoms with Crippen LogP contribution in [-0.2, 0) is 18.3 Å². The number of aromatic nitrogens is 3. The molecule has 2 aliphatic heterocycles. The minimum absolute atomic E-state index is 0.588. The van der Waals surface area contributed by atoms with Gasteiger partial charge in [0.25, 0.3) is 0 Å². The van der Waals surface area contributed by atoms with Crippen molar-refractivity contribution in [1.82, 2.24) is 25.0 Å². The average molecular weight is 346 g/mol. The predicted molar refractivity (Wildman–Crippen MR) is 96.3 cm³/mol. The summed E-state index contributed by atoms with van der Waals surface area (Å²) in [6.07, 6.45) is 6.25. The van der Waals surface area contributed by atoms with Crippen LogP contribution >= 0.6 is 0 Å². The second-order valence-electron chi connectivity index (χ2n) is 7.73. The molecular formula is C18H30N6O. The Morgan fingerprint density at radius 2 is 1.96 bits per heavy atom. The second kappa shape index (κ2) is 7.32. The highest BCUT2D eigenvalue weighted by molar-refractivity contribution is 5.80. The Morgan fingerprint density at radius 1 is 1.16 bits per heavy atom. The quantitative estimate of drug-likeness (QED) is 0.661. The topological polar surface area (TPSA) is 67.6 Å². The number of ether oxygens (including phenoxy) is 1. The molecule has 4 rings (SSSR count). The van der Waals surface area contributed by atoms with Gasteiger partial charge in [0.1, 0.15) is 12.4 Å². The molecule has 1 aromatic heterocycles. The van der Waals surface area contributed by atoms with Crippen molar-refractivity contribution < 1.29 is 4.74 Å². The second-order valence-corrected chi connectivity index (χ2v) is 7.73. The van der Waals surface area contributed by atoms with Crippen molar-refractivity contribution in [2.24, 2.45) is 23.9 Å². The molecule has 1 N–H and O–H groups in total. The Kier molecular flexibility index (Phi) is 4.92. The van der Waals surface area contributed by atoms with Crippen molar-refractivity contribution in [3.63, 3.8) is 0 Å². The van der Waals surface area contributed by atoms with Gasteiger partial charge in [-0.05, 0) is 50.9 Å². The highest BCUT2D eigenvalue weighted by atomic mass is 16.5. The third kappa shape index (κ3) is 3.97. The lowest BCUT2D eigenvalue weighted by Crippen LogP contribution is -2.41. The lowest BCUT2D eigenvalue weighted by molar-refractivity contribution is 0.0488. The van der Waals surface area contributed by atoms with Crippen LogP contribution in [0.4, 0.5) is 0 Å². The molecule has 1 aromatic rings. The molecule has 0 bridgehead atoms. The van der Waals surface area contributed by atoms with Gasteiger partial charge in [0, 0.05) is 39.4 Å². The minimum atomic E-state index is 0.588. The van der Waals surface area contributed by atoms with Gasteiger partial charge in [0.05, 0.1) is 0 Å². The Hall–Kier alpha value is -1.63. The molecule has 7 nitrogen and oxygen atoms in total. The first-order valence-electron chi connectivity index (χ1n) is 9.69. The maximum Gasteiger partial charge on any atom is 0.194 e. The van der Waals surface area contributed by atoms with Crippen molar-refractivity contribution >= 4 is 5.96 Å². The third-order valence-corrected chi connectivity index (χ3v) is 5.92. The Bertz CT molecular complexity index is 617. The van der Waals surface area contributed by atoms with Crippen LogP contribution in [0.15, 0.2) is 4.99 Å². The van der Waals surface area contributed by atoms with E-state index in [1.165, 1.54) is 32.1 Å². The van der Waals surface area contributed by atoms with Crippen LogP contribution in [0, 0.1) is 18.8 Å². The van der Waals surface area contributed by atoms with Gasteiger partial charge in [-0.1, -0.05) is 0 Å². The third-order valence-electron chi connectivity index (χ3n) is 5.92. The number of hydrogen-bond donors (Lipinski definition) is 1. The summed E-state index contributed by atoms with van der Waals surface area (Å²) in [5.41, 5.74) is 0. The number of nitrogens with zero attached hydrogens (tertiary/aromatic N) is 5. The molecule has 138 valence electrons. The molecule has 25 heavy (non-hydrogen) atoms. The number of guanidine groups is 1. The summed E-state index contributed by atoms with van der Waals surface area (Å²) >= 11 is 0. The first-order valence-corrected chi connectivity index (χ1v) is 9.69. The van der Waals surface area contributed by atoms with E-state index >= 15 is 0 Å². The van der Waals surface area contributed by atoms with Crippen molar-refractivity contribution in [2.45, 2.75) is 51.6 Å². The van der Waals surface area contributed by atoms with E-state index in [0.29, 0.717) is 12.6 Å². The van der Waals surface area contributed by atoms with Crippen LogP contribution in [0.5, 0.6) is 0 Å². The van der Waals surface area contributed by atoms with Crippen LogP contribution in [-0.4, -0.2) is 58.0 Å². The van der Waals surface area contributed by atoms with E-state index in [2.05, 4.69) is 20.4 Å². The van der Waals surface area contributed by atoms with Crippen molar-refractivity contribution in [3.05, 3.63) is 11.6 Å². The molecule has 0 aromatic carbocycles. The highest BCUT2D eigenvalue weighted by Gasteiger charge is 2.33. The Labute approximate surface area is 149 Å². The van der Waals surface area contributed by atoms with Crippen LogP contribution < -0.4 is 5.32 Å². The number of aliphatic imine (C=N–C) groups is 1. The summed E-state index contributed by atoms with van der Waals surface area (Å²) in [6.45, 7) is 6.68. The Balaban J connectivity index is 1.41. The molecule has 3 heterocycles. The monoisotopic (exact) mass is 346 g/mol. The van der Waals surface area contributed by atoms with Gasteiger partial charge in [-0.2, -0.15) is 0 Å². The van der Waals surface area contributed by atoms with Gasteiger partial charge in [0.2, 0.25) is 0 Å². The largest absolute Gasteiger partial charge is 0.381 e. The zero-order chi connectivity index (χ0) is 17.2. The fourth-order valence-electron chi connectivity index (χ4n) is 3.93. The lowest BCUT2D eigenvalue weighted by Gasteiger charge is -2.28. The van der Waals surface area contributed by atoms with Crippen LogP contribution in [0.1, 0.15) is 43.8 Å². The fraction of sp³-hybridized carbons (Fsp3) is 0.833. The molecule has 1 unspecified atom stereocenters. The van der Waals surface area contributed by atoms with Gasteiger partial charge in [-0.15, -0.1) is 10.2 Å². The summed E-state index contributed by atoms with van der Waals surface area (Å²) in [4.78, 5) is 7.35. The van der Waals surface area contributed by atoms with Gasteiger partial charge in [-0.25, -0.2) is 4.99 Å². The molecule has 3 aliphatic rings. The normalized spacial score (nSPS) is 25.6. The molecule has 0 spiro atoms. The molecular weight excluding hydrogens is 316 g/mol. The summed E-state index contributed by atoms with van der Waals surface area (Å²) in [6, 6.07) is 0.613. The van der Waals surface area contributed by atoms with E-state index in [-0.39, 0.29) is 0 Å². The molecule has 0 amide bonds. The number of hydrogen-bond acceptors (Lipinski definition) is 4. The highest BCUT2D eigenvalue weighted by Crippen LogP contribution is 2.31. The molecule has 2 saturated heterocycles. The van der Waals surface area contributed by atoms with E-state index in [0.717, 1.165) is 55.7 Å². The van der Waals surface area contributed by atoms with E-state index in [1.807, 2.05) is 18.5 Å². The molecule has 0 radical (unpaired) electrons. The molecule has 3 fully saturated rings. The number of rotatable bonds is 4. The molecule has 7 heteroatoms. The Morgan fingerprint density at radius 3 is 2.64 bits per heavy atom. The maximum absolute atomic E-state index is 5.53. The first-order chi connectivity index (χ1) is 12.2. The van der Waals surface area contributed by atoms with E-state index in [1.54, 1.807) is 0 Å². The zero-order valence-corrected chi connectivity index (χ0v) is 15.4. The van der Waals surface area contributed by atoms with E-state index < -0.39 is 0 Å². The van der Waals surface area contributed by atoms with Gasteiger partial charge in [-0.3, -0.25) is 0 Å². The SMILES string of the molecule is Cc1nnc(CN=C(NC2CC2)N2CCC(C3CCOCC3)C2)n1C. The molecule has 1 saturated carbocycles. The van der Waals surface area contributed by atoms with Gasteiger partial charge < -0.3 is 19.5 Å². The summed E-state index contributed by atoms with van der Waals surface area (Å²) in [5.74, 6) is 4.53. The van der Waals surface area contributed by atoms with Crippen molar-refractivity contribution in [3.8, 4) is 0 Å². The van der Waals surface area contributed by atoms with Gasteiger partial charge in [0.15, 0.2) is 11.8 Å². The van der Waals surface area contributed by atoms with E-state index in [9.17, 15) is 0 Å². The first kappa shape index (κ1) is 16.8. The lowest BCUT2D eigenvalue weighted by atomic mass is 9.85. The summed E-state index contributed by atoms with van der Waals surface area (Å²) < 4.78 is 7.55.